The van der Waals surface area contributed by atoms with Gasteiger partial charge in [-0.3, -0.25) is 0 Å². The van der Waals surface area contributed by atoms with Crippen molar-refractivity contribution in [3.63, 3.8) is 0 Å². The fourth-order valence-electron chi connectivity index (χ4n) is 1.95. The maximum atomic E-state index is 11.4. The van der Waals surface area contributed by atoms with Crippen molar-refractivity contribution in [3.05, 3.63) is 0 Å². The second-order valence-corrected chi connectivity index (χ2v) is 5.92. The number of ether oxygens (including phenoxy) is 1. The number of amides is 1. The lowest BCUT2D eigenvalue weighted by Crippen LogP contribution is -2.45. The van der Waals surface area contributed by atoms with Crippen molar-refractivity contribution in [2.45, 2.75) is 57.7 Å². The van der Waals surface area contributed by atoms with Gasteiger partial charge in [0, 0.05) is 11.6 Å². The van der Waals surface area contributed by atoms with E-state index in [0.29, 0.717) is 5.92 Å². The van der Waals surface area contributed by atoms with Crippen LogP contribution in [0.15, 0.2) is 0 Å². The molecule has 0 unspecified atom stereocenters. The SMILES string of the molecule is CC(C)(C)NC(=O)OC1CC(C[C@@H](N)CO)C1. The lowest BCUT2D eigenvalue weighted by Gasteiger charge is -2.36. The molecule has 0 aromatic carbocycles. The van der Waals surface area contributed by atoms with Gasteiger partial charge in [-0.2, -0.15) is 0 Å². The smallest absolute Gasteiger partial charge is 0.407 e. The zero-order chi connectivity index (χ0) is 13.1. The molecule has 0 bridgehead atoms. The Labute approximate surface area is 103 Å². The molecule has 0 aliphatic heterocycles. The number of rotatable bonds is 4. The number of carbonyl (C=O) groups is 1. The van der Waals surface area contributed by atoms with E-state index in [4.69, 9.17) is 15.6 Å². The first-order valence-corrected chi connectivity index (χ1v) is 6.15. The minimum Gasteiger partial charge on any atom is -0.446 e. The summed E-state index contributed by atoms with van der Waals surface area (Å²) in [7, 11) is 0. The Balaban J connectivity index is 2.15. The van der Waals surface area contributed by atoms with Gasteiger partial charge in [0.25, 0.3) is 0 Å². The highest BCUT2D eigenvalue weighted by molar-refractivity contribution is 5.68. The molecule has 0 heterocycles. The first kappa shape index (κ1) is 14.3. The number of carbonyl (C=O) groups excluding carboxylic acids is 1. The second-order valence-electron chi connectivity index (χ2n) is 5.92. The van der Waals surface area contributed by atoms with Gasteiger partial charge in [-0.05, 0) is 46.0 Å². The molecule has 4 N–H and O–H groups in total. The average molecular weight is 244 g/mol. The fourth-order valence-corrected chi connectivity index (χ4v) is 1.95. The number of hydrogen-bond acceptors (Lipinski definition) is 4. The summed E-state index contributed by atoms with van der Waals surface area (Å²) in [5.74, 6) is 0.476. The molecule has 1 fully saturated rings. The van der Waals surface area contributed by atoms with Gasteiger partial charge >= 0.3 is 6.09 Å². The molecule has 5 nitrogen and oxygen atoms in total. The first-order valence-electron chi connectivity index (χ1n) is 6.15. The largest absolute Gasteiger partial charge is 0.446 e. The molecule has 1 saturated carbocycles. The summed E-state index contributed by atoms with van der Waals surface area (Å²) in [5, 5.41) is 11.6. The molecule has 1 amide bonds. The first-order chi connectivity index (χ1) is 7.80. The summed E-state index contributed by atoms with van der Waals surface area (Å²) < 4.78 is 5.25. The molecular formula is C12H24N2O3. The fraction of sp³-hybridized carbons (Fsp3) is 0.917. The van der Waals surface area contributed by atoms with Crippen LogP contribution in [0, 0.1) is 5.92 Å². The molecule has 17 heavy (non-hydrogen) atoms. The van der Waals surface area contributed by atoms with E-state index in [9.17, 15) is 4.79 Å². The molecule has 0 saturated heterocycles. The summed E-state index contributed by atoms with van der Waals surface area (Å²) in [6, 6.07) is -0.149. The number of aliphatic hydroxyl groups excluding tert-OH is 1. The highest BCUT2D eigenvalue weighted by Gasteiger charge is 2.33. The summed E-state index contributed by atoms with van der Waals surface area (Å²) in [5.41, 5.74) is 5.38. The Bertz CT molecular complexity index is 257. The second kappa shape index (κ2) is 5.69. The van der Waals surface area contributed by atoms with E-state index in [-0.39, 0.29) is 30.4 Å². The zero-order valence-electron chi connectivity index (χ0n) is 10.9. The molecule has 1 aliphatic rings. The number of nitrogens with two attached hydrogens (primary N) is 1. The van der Waals surface area contributed by atoms with Crippen LogP contribution < -0.4 is 11.1 Å². The van der Waals surface area contributed by atoms with Gasteiger partial charge in [-0.15, -0.1) is 0 Å². The van der Waals surface area contributed by atoms with E-state index in [1.807, 2.05) is 20.8 Å². The third-order valence-corrected chi connectivity index (χ3v) is 2.81. The van der Waals surface area contributed by atoms with Crippen LogP contribution in [-0.4, -0.2) is 35.5 Å². The number of aliphatic hydroxyl groups is 1. The molecule has 0 aromatic rings. The van der Waals surface area contributed by atoms with Gasteiger partial charge < -0.3 is 20.9 Å². The van der Waals surface area contributed by atoms with E-state index < -0.39 is 0 Å². The van der Waals surface area contributed by atoms with E-state index >= 15 is 0 Å². The predicted octanol–water partition coefficient (Wildman–Crippen LogP) is 0.999. The molecule has 0 radical (unpaired) electrons. The molecule has 5 heteroatoms. The van der Waals surface area contributed by atoms with Crippen molar-refractivity contribution >= 4 is 6.09 Å². The zero-order valence-corrected chi connectivity index (χ0v) is 10.9. The summed E-state index contributed by atoms with van der Waals surface area (Å²) >= 11 is 0. The van der Waals surface area contributed by atoms with Gasteiger partial charge in [0.15, 0.2) is 0 Å². The minimum absolute atomic E-state index is 0.00763. The van der Waals surface area contributed by atoms with Crippen molar-refractivity contribution in [2.75, 3.05) is 6.61 Å². The van der Waals surface area contributed by atoms with Gasteiger partial charge in [0.2, 0.25) is 0 Å². The molecule has 1 rings (SSSR count). The van der Waals surface area contributed by atoms with Crippen LogP contribution in [0.4, 0.5) is 4.79 Å². The quantitative estimate of drug-likeness (QED) is 0.688. The summed E-state index contributed by atoms with van der Waals surface area (Å²) in [6.07, 6.45) is 2.16. The third kappa shape index (κ3) is 5.37. The van der Waals surface area contributed by atoms with E-state index in [0.717, 1.165) is 19.3 Å². The molecular weight excluding hydrogens is 220 g/mol. The lowest BCUT2D eigenvalue weighted by atomic mass is 9.78. The van der Waals surface area contributed by atoms with Gasteiger partial charge in [0.1, 0.15) is 6.10 Å². The summed E-state index contributed by atoms with van der Waals surface area (Å²) in [4.78, 5) is 11.4. The topological polar surface area (TPSA) is 84.6 Å². The number of hydrogen-bond donors (Lipinski definition) is 3. The molecule has 1 atom stereocenters. The standard InChI is InChI=1S/C12H24N2O3/c1-12(2,3)14-11(16)17-10-5-8(6-10)4-9(13)7-15/h8-10,15H,4-7,13H2,1-3H3,(H,14,16)/t8?,9-,10?/m1/s1. The average Bonchev–Trinajstić information content (AvgIpc) is 2.11. The van der Waals surface area contributed by atoms with Crippen molar-refractivity contribution in [1.29, 1.82) is 0 Å². The van der Waals surface area contributed by atoms with Crippen molar-refractivity contribution < 1.29 is 14.6 Å². The molecule has 0 aromatic heterocycles. The molecule has 1 aliphatic carbocycles. The van der Waals surface area contributed by atoms with E-state index in [1.54, 1.807) is 0 Å². The van der Waals surface area contributed by atoms with Crippen LogP contribution in [0.1, 0.15) is 40.0 Å². The van der Waals surface area contributed by atoms with Crippen molar-refractivity contribution in [3.8, 4) is 0 Å². The predicted molar refractivity (Wildman–Crippen MR) is 65.6 cm³/mol. The molecule has 100 valence electrons. The minimum atomic E-state index is -0.354. The number of nitrogens with one attached hydrogen (secondary N) is 1. The highest BCUT2D eigenvalue weighted by atomic mass is 16.6. The van der Waals surface area contributed by atoms with Crippen LogP contribution in [-0.2, 0) is 4.74 Å². The maximum Gasteiger partial charge on any atom is 0.407 e. The van der Waals surface area contributed by atoms with Crippen molar-refractivity contribution in [1.82, 2.24) is 5.32 Å². The lowest BCUT2D eigenvalue weighted by molar-refractivity contribution is 0.00822. The Hall–Kier alpha value is -0.810. The normalized spacial score (nSPS) is 25.9. The third-order valence-electron chi connectivity index (χ3n) is 2.81. The van der Waals surface area contributed by atoms with Gasteiger partial charge in [-0.1, -0.05) is 0 Å². The van der Waals surface area contributed by atoms with E-state index in [1.165, 1.54) is 0 Å². The Kier molecular flexibility index (Phi) is 4.77. The Morgan fingerprint density at radius 2 is 2.12 bits per heavy atom. The maximum absolute atomic E-state index is 11.4. The Morgan fingerprint density at radius 1 is 1.53 bits per heavy atom. The van der Waals surface area contributed by atoms with Crippen molar-refractivity contribution in [2.24, 2.45) is 11.7 Å². The Morgan fingerprint density at radius 3 is 2.59 bits per heavy atom. The highest BCUT2D eigenvalue weighted by Crippen LogP contribution is 2.33. The summed E-state index contributed by atoms with van der Waals surface area (Å²) in [6.45, 7) is 5.76. The van der Waals surface area contributed by atoms with Crippen LogP contribution in [0.25, 0.3) is 0 Å². The molecule has 0 spiro atoms. The monoisotopic (exact) mass is 244 g/mol. The van der Waals surface area contributed by atoms with Crippen LogP contribution in [0.2, 0.25) is 0 Å². The van der Waals surface area contributed by atoms with Crippen LogP contribution >= 0.6 is 0 Å². The number of alkyl carbamates (subject to hydrolysis) is 1. The van der Waals surface area contributed by atoms with Gasteiger partial charge in [0.05, 0.1) is 6.61 Å². The van der Waals surface area contributed by atoms with Gasteiger partial charge in [-0.25, -0.2) is 4.79 Å². The van der Waals surface area contributed by atoms with Crippen LogP contribution in [0.5, 0.6) is 0 Å². The van der Waals surface area contributed by atoms with E-state index in [2.05, 4.69) is 5.32 Å². The van der Waals surface area contributed by atoms with Crippen LogP contribution in [0.3, 0.4) is 0 Å².